The third-order valence-electron chi connectivity index (χ3n) is 3.67. The molecule has 0 bridgehead atoms. The average molecular weight is 283 g/mol. The van der Waals surface area contributed by atoms with Gasteiger partial charge >= 0.3 is 0 Å². The van der Waals surface area contributed by atoms with Gasteiger partial charge in [0.15, 0.2) is 0 Å². The molecule has 1 fully saturated rings. The maximum Gasteiger partial charge on any atom is 0.222 e. The Kier molecular flexibility index (Phi) is 6.89. The van der Waals surface area contributed by atoms with Crippen LogP contribution in [-0.4, -0.2) is 30.4 Å². The van der Waals surface area contributed by atoms with Crippen LogP contribution in [0.3, 0.4) is 0 Å². The molecular formula is C15H23ClN2O. The first-order valence-corrected chi connectivity index (χ1v) is 6.81. The average Bonchev–Trinajstić information content (AvgIpc) is 2.89. The van der Waals surface area contributed by atoms with E-state index in [1.807, 2.05) is 23.1 Å². The van der Waals surface area contributed by atoms with E-state index in [-0.39, 0.29) is 12.4 Å². The molecular weight excluding hydrogens is 260 g/mol. The Bertz CT molecular complexity index is 383. The second kappa shape index (κ2) is 8.18. The molecule has 1 atom stereocenters. The molecule has 1 aliphatic heterocycles. The molecule has 0 spiro atoms. The predicted octanol–water partition coefficient (Wildman–Crippen LogP) is 2.24. The second-order valence-electron chi connectivity index (χ2n) is 5.07. The molecule has 2 rings (SSSR count). The molecule has 2 N–H and O–H groups in total. The number of nitrogens with two attached hydrogens (primary N) is 1. The van der Waals surface area contributed by atoms with Crippen LogP contribution < -0.4 is 5.73 Å². The number of nitrogens with zero attached hydrogens (tertiary/aromatic N) is 1. The SMILES string of the molecule is Cl.NCC1CCN(C(=O)CCCc2ccccc2)C1. The number of likely N-dealkylation sites (tertiary alicyclic amines) is 1. The summed E-state index contributed by atoms with van der Waals surface area (Å²) < 4.78 is 0. The Balaban J connectivity index is 0.00000180. The summed E-state index contributed by atoms with van der Waals surface area (Å²) in [4.78, 5) is 14.0. The van der Waals surface area contributed by atoms with Crippen molar-refractivity contribution in [3.8, 4) is 0 Å². The van der Waals surface area contributed by atoms with Crippen LogP contribution in [0.1, 0.15) is 24.8 Å². The largest absolute Gasteiger partial charge is 0.342 e. The minimum atomic E-state index is 0. The van der Waals surface area contributed by atoms with Gasteiger partial charge < -0.3 is 10.6 Å². The van der Waals surface area contributed by atoms with Crippen molar-refractivity contribution >= 4 is 18.3 Å². The molecule has 4 heteroatoms. The van der Waals surface area contributed by atoms with Gasteiger partial charge in [-0.05, 0) is 37.3 Å². The van der Waals surface area contributed by atoms with E-state index >= 15 is 0 Å². The first-order valence-electron chi connectivity index (χ1n) is 6.81. The molecule has 1 heterocycles. The van der Waals surface area contributed by atoms with E-state index in [2.05, 4.69) is 12.1 Å². The Morgan fingerprint density at radius 1 is 1.32 bits per heavy atom. The zero-order valence-electron chi connectivity index (χ0n) is 11.3. The topological polar surface area (TPSA) is 46.3 Å². The van der Waals surface area contributed by atoms with E-state index in [0.717, 1.165) is 32.4 Å². The van der Waals surface area contributed by atoms with Crippen molar-refractivity contribution in [2.45, 2.75) is 25.7 Å². The lowest BCUT2D eigenvalue weighted by Crippen LogP contribution is -2.29. The normalized spacial score (nSPS) is 18.2. The number of hydrogen-bond donors (Lipinski definition) is 1. The van der Waals surface area contributed by atoms with E-state index < -0.39 is 0 Å². The van der Waals surface area contributed by atoms with Gasteiger partial charge in [-0.15, -0.1) is 12.4 Å². The van der Waals surface area contributed by atoms with Crippen LogP contribution in [0.2, 0.25) is 0 Å². The fourth-order valence-electron chi connectivity index (χ4n) is 2.50. The van der Waals surface area contributed by atoms with Gasteiger partial charge in [-0.2, -0.15) is 0 Å². The standard InChI is InChI=1S/C15H22N2O.ClH/c16-11-14-9-10-17(12-14)15(18)8-4-7-13-5-2-1-3-6-13;/h1-3,5-6,14H,4,7-12,16H2;1H. The van der Waals surface area contributed by atoms with Crippen LogP contribution in [-0.2, 0) is 11.2 Å². The van der Waals surface area contributed by atoms with Crippen LogP contribution in [0.25, 0.3) is 0 Å². The zero-order valence-corrected chi connectivity index (χ0v) is 12.1. The van der Waals surface area contributed by atoms with Crippen molar-refractivity contribution in [3.05, 3.63) is 35.9 Å². The van der Waals surface area contributed by atoms with E-state index in [1.54, 1.807) is 0 Å². The third kappa shape index (κ3) is 4.84. The lowest BCUT2D eigenvalue weighted by molar-refractivity contribution is -0.130. The highest BCUT2D eigenvalue weighted by molar-refractivity contribution is 5.85. The molecule has 1 unspecified atom stereocenters. The summed E-state index contributed by atoms with van der Waals surface area (Å²) in [6.45, 7) is 2.46. The number of amides is 1. The molecule has 1 aromatic rings. The highest BCUT2D eigenvalue weighted by Gasteiger charge is 2.24. The number of hydrogen-bond acceptors (Lipinski definition) is 2. The molecule has 1 saturated heterocycles. The summed E-state index contributed by atoms with van der Waals surface area (Å²) in [6, 6.07) is 10.3. The summed E-state index contributed by atoms with van der Waals surface area (Å²) in [7, 11) is 0. The molecule has 3 nitrogen and oxygen atoms in total. The van der Waals surface area contributed by atoms with Crippen LogP contribution >= 0.6 is 12.4 Å². The van der Waals surface area contributed by atoms with E-state index in [9.17, 15) is 4.79 Å². The first-order chi connectivity index (χ1) is 8.79. The monoisotopic (exact) mass is 282 g/mol. The summed E-state index contributed by atoms with van der Waals surface area (Å²) >= 11 is 0. The molecule has 0 radical (unpaired) electrons. The molecule has 0 aromatic heterocycles. The van der Waals surface area contributed by atoms with Gasteiger partial charge in [0.25, 0.3) is 0 Å². The smallest absolute Gasteiger partial charge is 0.222 e. The van der Waals surface area contributed by atoms with E-state index in [0.29, 0.717) is 24.8 Å². The zero-order chi connectivity index (χ0) is 12.8. The van der Waals surface area contributed by atoms with Gasteiger partial charge in [0.2, 0.25) is 5.91 Å². The number of benzene rings is 1. The molecule has 1 aliphatic rings. The lowest BCUT2D eigenvalue weighted by atomic mass is 10.1. The quantitative estimate of drug-likeness (QED) is 0.900. The highest BCUT2D eigenvalue weighted by atomic mass is 35.5. The first kappa shape index (κ1) is 16.0. The summed E-state index contributed by atoms with van der Waals surface area (Å²) in [5.41, 5.74) is 6.95. The maximum atomic E-state index is 12.0. The van der Waals surface area contributed by atoms with Crippen molar-refractivity contribution in [1.29, 1.82) is 0 Å². The number of carbonyl (C=O) groups is 1. The Labute approximate surface area is 121 Å². The second-order valence-corrected chi connectivity index (χ2v) is 5.07. The van der Waals surface area contributed by atoms with Gasteiger partial charge in [0.05, 0.1) is 0 Å². The van der Waals surface area contributed by atoms with Crippen molar-refractivity contribution in [3.63, 3.8) is 0 Å². The highest BCUT2D eigenvalue weighted by Crippen LogP contribution is 2.16. The van der Waals surface area contributed by atoms with Gasteiger partial charge in [-0.3, -0.25) is 4.79 Å². The Morgan fingerprint density at radius 3 is 2.68 bits per heavy atom. The Hall–Kier alpha value is -1.06. The van der Waals surface area contributed by atoms with Crippen LogP contribution in [0.15, 0.2) is 30.3 Å². The van der Waals surface area contributed by atoms with Crippen molar-refractivity contribution < 1.29 is 4.79 Å². The lowest BCUT2D eigenvalue weighted by Gasteiger charge is -2.16. The number of carbonyl (C=O) groups excluding carboxylic acids is 1. The van der Waals surface area contributed by atoms with Crippen molar-refractivity contribution in [2.24, 2.45) is 11.7 Å². The number of aryl methyl sites for hydroxylation is 1. The van der Waals surface area contributed by atoms with Crippen LogP contribution in [0.5, 0.6) is 0 Å². The van der Waals surface area contributed by atoms with Crippen LogP contribution in [0, 0.1) is 5.92 Å². The summed E-state index contributed by atoms with van der Waals surface area (Å²) in [5.74, 6) is 0.810. The van der Waals surface area contributed by atoms with Gasteiger partial charge in [-0.25, -0.2) is 0 Å². The summed E-state index contributed by atoms with van der Waals surface area (Å²) in [5, 5.41) is 0. The van der Waals surface area contributed by atoms with E-state index in [1.165, 1.54) is 5.56 Å². The minimum Gasteiger partial charge on any atom is -0.342 e. The molecule has 0 saturated carbocycles. The van der Waals surface area contributed by atoms with Gasteiger partial charge in [0, 0.05) is 19.5 Å². The molecule has 19 heavy (non-hydrogen) atoms. The third-order valence-corrected chi connectivity index (χ3v) is 3.67. The Morgan fingerprint density at radius 2 is 2.05 bits per heavy atom. The van der Waals surface area contributed by atoms with Gasteiger partial charge in [0.1, 0.15) is 0 Å². The van der Waals surface area contributed by atoms with Crippen molar-refractivity contribution in [2.75, 3.05) is 19.6 Å². The van der Waals surface area contributed by atoms with Crippen LogP contribution in [0.4, 0.5) is 0 Å². The molecule has 0 aliphatic carbocycles. The predicted molar refractivity (Wildman–Crippen MR) is 80.4 cm³/mol. The fraction of sp³-hybridized carbons (Fsp3) is 0.533. The summed E-state index contributed by atoms with van der Waals surface area (Å²) in [6.07, 6.45) is 3.65. The number of rotatable bonds is 5. The maximum absolute atomic E-state index is 12.0. The molecule has 1 amide bonds. The van der Waals surface area contributed by atoms with Gasteiger partial charge in [-0.1, -0.05) is 30.3 Å². The van der Waals surface area contributed by atoms with E-state index in [4.69, 9.17) is 5.73 Å². The molecule has 1 aromatic carbocycles. The van der Waals surface area contributed by atoms with Crippen molar-refractivity contribution in [1.82, 2.24) is 4.90 Å². The number of halogens is 1. The molecule has 106 valence electrons. The fourth-order valence-corrected chi connectivity index (χ4v) is 2.50. The minimum absolute atomic E-state index is 0.